The Morgan fingerprint density at radius 2 is 1.10 bits per heavy atom. The van der Waals surface area contributed by atoms with Crippen LogP contribution in [-0.2, 0) is 0 Å². The van der Waals surface area contributed by atoms with Crippen molar-refractivity contribution in [1.82, 2.24) is 0 Å². The molecule has 114 valence electrons. The largest absolute Gasteiger partial charge is 0.0950 e. The van der Waals surface area contributed by atoms with Crippen molar-refractivity contribution < 1.29 is 0 Å². The molecule has 0 N–H and O–H groups in total. The molecule has 0 aliphatic rings. The Labute approximate surface area is 128 Å². The van der Waals surface area contributed by atoms with Crippen LogP contribution >= 0.6 is 0 Å². The Morgan fingerprint density at radius 1 is 0.750 bits per heavy atom. The van der Waals surface area contributed by atoms with Gasteiger partial charge >= 0.3 is 0 Å². The third-order valence-corrected chi connectivity index (χ3v) is 13.3. The van der Waals surface area contributed by atoms with Gasteiger partial charge in [0, 0.05) is 0 Å². The van der Waals surface area contributed by atoms with Gasteiger partial charge in [-0.15, -0.1) is 0 Å². The van der Waals surface area contributed by atoms with E-state index < -0.39 is 8.07 Å². The number of aryl methyl sites for hydroxylation is 1. The van der Waals surface area contributed by atoms with E-state index in [-0.39, 0.29) is 0 Å². The van der Waals surface area contributed by atoms with Crippen molar-refractivity contribution in [3.05, 3.63) is 29.8 Å². The van der Waals surface area contributed by atoms with Crippen LogP contribution in [0.15, 0.2) is 24.3 Å². The van der Waals surface area contributed by atoms with Crippen LogP contribution in [-0.4, -0.2) is 8.07 Å². The van der Waals surface area contributed by atoms with E-state index in [9.17, 15) is 0 Å². The van der Waals surface area contributed by atoms with Gasteiger partial charge < -0.3 is 0 Å². The molecule has 0 aromatic heterocycles. The van der Waals surface area contributed by atoms with Crippen molar-refractivity contribution >= 4 is 13.3 Å². The molecular formula is C19H34Si. The zero-order valence-electron chi connectivity index (χ0n) is 14.7. The molecule has 1 aromatic rings. The highest BCUT2D eigenvalue weighted by Gasteiger charge is 2.47. The molecule has 0 fully saturated rings. The van der Waals surface area contributed by atoms with E-state index in [1.165, 1.54) is 24.8 Å². The van der Waals surface area contributed by atoms with Gasteiger partial charge in [0.1, 0.15) is 0 Å². The predicted octanol–water partition coefficient (Wildman–Crippen LogP) is 6.05. The van der Waals surface area contributed by atoms with Crippen molar-refractivity contribution in [3.8, 4) is 0 Å². The molecule has 3 atom stereocenters. The molecule has 0 amide bonds. The van der Waals surface area contributed by atoms with E-state index in [2.05, 4.69) is 72.7 Å². The minimum absolute atomic E-state index is 0.857. The lowest BCUT2D eigenvalue weighted by Crippen LogP contribution is -2.57. The fraction of sp³-hybridized carbons (Fsp3) is 0.684. The molecular weight excluding hydrogens is 256 g/mol. The fourth-order valence-corrected chi connectivity index (χ4v) is 11.6. The van der Waals surface area contributed by atoms with Gasteiger partial charge in [0.25, 0.3) is 0 Å². The summed E-state index contributed by atoms with van der Waals surface area (Å²) in [6.07, 6.45) is 3.94. The topological polar surface area (TPSA) is 0 Å². The molecule has 0 saturated heterocycles. The first-order valence-electron chi connectivity index (χ1n) is 8.52. The van der Waals surface area contributed by atoms with Crippen molar-refractivity contribution in [3.63, 3.8) is 0 Å². The van der Waals surface area contributed by atoms with Crippen LogP contribution in [0.25, 0.3) is 0 Å². The third kappa shape index (κ3) is 3.03. The van der Waals surface area contributed by atoms with E-state index >= 15 is 0 Å². The molecule has 3 unspecified atom stereocenters. The Bertz CT molecular complexity index is 366. The summed E-state index contributed by atoms with van der Waals surface area (Å²) in [6, 6.07) is 9.55. The maximum atomic E-state index is 2.52. The van der Waals surface area contributed by atoms with Crippen molar-refractivity contribution in [2.45, 2.75) is 84.4 Å². The molecule has 20 heavy (non-hydrogen) atoms. The van der Waals surface area contributed by atoms with Crippen LogP contribution in [0.4, 0.5) is 0 Å². The highest BCUT2D eigenvalue weighted by atomic mass is 28.3. The first-order valence-corrected chi connectivity index (χ1v) is 10.7. The standard InChI is InChI=1S/C19H34Si/c1-8-16(5)20(17(6)9-2,18(7)10-3)19-13-11-15(4)12-14-19/h11-14,16-18H,8-10H2,1-7H3. The van der Waals surface area contributed by atoms with E-state index in [1.54, 1.807) is 5.19 Å². The fourth-order valence-electron chi connectivity index (χ4n) is 4.17. The summed E-state index contributed by atoms with van der Waals surface area (Å²) in [5.74, 6) is 0. The summed E-state index contributed by atoms with van der Waals surface area (Å²) >= 11 is 0. The van der Waals surface area contributed by atoms with Crippen LogP contribution in [0.2, 0.25) is 16.6 Å². The molecule has 0 aliphatic carbocycles. The maximum Gasteiger partial charge on any atom is 0.0950 e. The summed E-state index contributed by atoms with van der Waals surface area (Å²) in [5.41, 5.74) is 3.95. The van der Waals surface area contributed by atoms with Crippen LogP contribution in [0, 0.1) is 6.92 Å². The quantitative estimate of drug-likeness (QED) is 0.536. The van der Waals surface area contributed by atoms with Gasteiger partial charge in [-0.1, -0.05) is 95.8 Å². The average Bonchev–Trinajstić information content (AvgIpc) is 2.48. The monoisotopic (exact) mass is 290 g/mol. The van der Waals surface area contributed by atoms with Gasteiger partial charge in [-0.2, -0.15) is 0 Å². The Balaban J connectivity index is 3.46. The minimum atomic E-state index is -1.50. The van der Waals surface area contributed by atoms with Gasteiger partial charge in [0.2, 0.25) is 0 Å². The maximum absolute atomic E-state index is 2.52. The molecule has 0 nitrogen and oxygen atoms in total. The molecule has 1 rings (SSSR count). The second-order valence-electron chi connectivity index (χ2n) is 6.73. The van der Waals surface area contributed by atoms with Crippen molar-refractivity contribution in [1.29, 1.82) is 0 Å². The van der Waals surface area contributed by atoms with Crippen molar-refractivity contribution in [2.24, 2.45) is 0 Å². The zero-order valence-corrected chi connectivity index (χ0v) is 15.7. The lowest BCUT2D eigenvalue weighted by atomic mass is 10.2. The summed E-state index contributed by atoms with van der Waals surface area (Å²) in [6.45, 7) is 16.9. The number of hydrogen-bond donors (Lipinski definition) is 0. The third-order valence-electron chi connectivity index (χ3n) is 5.83. The molecule has 0 radical (unpaired) electrons. The number of benzene rings is 1. The van der Waals surface area contributed by atoms with Gasteiger partial charge in [-0.3, -0.25) is 0 Å². The highest BCUT2D eigenvalue weighted by Crippen LogP contribution is 2.45. The summed E-state index contributed by atoms with van der Waals surface area (Å²) in [4.78, 5) is 0. The first-order chi connectivity index (χ1) is 9.44. The molecule has 1 heteroatoms. The number of rotatable bonds is 7. The SMILES string of the molecule is CCC(C)[Si](c1ccc(C)cc1)(C(C)CC)C(C)CC. The Hall–Kier alpha value is -0.563. The van der Waals surface area contributed by atoms with Crippen LogP contribution in [0.5, 0.6) is 0 Å². The summed E-state index contributed by atoms with van der Waals surface area (Å²) in [5, 5.41) is 1.70. The van der Waals surface area contributed by atoms with E-state index in [0.717, 1.165) is 16.6 Å². The zero-order chi connectivity index (χ0) is 15.3. The van der Waals surface area contributed by atoms with Gasteiger partial charge in [0.05, 0.1) is 8.07 Å². The highest BCUT2D eigenvalue weighted by molar-refractivity contribution is 6.95. The van der Waals surface area contributed by atoms with Crippen LogP contribution < -0.4 is 5.19 Å². The average molecular weight is 291 g/mol. The van der Waals surface area contributed by atoms with Crippen LogP contribution in [0.3, 0.4) is 0 Å². The smallest absolute Gasteiger partial charge is 0.0654 e. The van der Waals surface area contributed by atoms with E-state index in [0.29, 0.717) is 0 Å². The Kier molecular flexibility index (Phi) is 6.51. The van der Waals surface area contributed by atoms with E-state index in [4.69, 9.17) is 0 Å². The molecule has 0 bridgehead atoms. The molecule has 0 spiro atoms. The van der Waals surface area contributed by atoms with Gasteiger partial charge in [-0.25, -0.2) is 0 Å². The summed E-state index contributed by atoms with van der Waals surface area (Å²) < 4.78 is 0. The molecule has 0 heterocycles. The van der Waals surface area contributed by atoms with Gasteiger partial charge in [0.15, 0.2) is 0 Å². The lowest BCUT2D eigenvalue weighted by Gasteiger charge is -2.47. The number of hydrogen-bond acceptors (Lipinski definition) is 0. The summed E-state index contributed by atoms with van der Waals surface area (Å²) in [7, 11) is -1.50. The second kappa shape index (κ2) is 7.45. The minimum Gasteiger partial charge on any atom is -0.0654 e. The predicted molar refractivity (Wildman–Crippen MR) is 95.7 cm³/mol. The lowest BCUT2D eigenvalue weighted by molar-refractivity contribution is 0.700. The molecule has 1 aromatic carbocycles. The second-order valence-corrected chi connectivity index (χ2v) is 12.1. The molecule has 0 aliphatic heterocycles. The van der Waals surface area contributed by atoms with E-state index in [1.807, 2.05) is 0 Å². The normalized spacial score (nSPS) is 19.1. The van der Waals surface area contributed by atoms with Crippen molar-refractivity contribution in [2.75, 3.05) is 0 Å². The molecule has 0 saturated carbocycles. The Morgan fingerprint density at radius 3 is 1.40 bits per heavy atom. The van der Waals surface area contributed by atoms with Crippen LogP contribution in [0.1, 0.15) is 66.4 Å². The van der Waals surface area contributed by atoms with Gasteiger partial charge in [-0.05, 0) is 23.5 Å². The first kappa shape index (κ1) is 17.5.